The van der Waals surface area contributed by atoms with Crippen molar-refractivity contribution >= 4 is 26.6 Å². The summed E-state index contributed by atoms with van der Waals surface area (Å²) >= 11 is 0. The van der Waals surface area contributed by atoms with Gasteiger partial charge in [-0.3, -0.25) is 4.57 Å². The van der Waals surface area contributed by atoms with E-state index in [-0.39, 0.29) is 16.6 Å². The third-order valence-electron chi connectivity index (χ3n) is 5.97. The number of nitrogens with zero attached hydrogens (tertiary/aromatic N) is 5. The largest absolute Gasteiger partial charge is 0.371 e. The average molecular weight is 473 g/mol. The van der Waals surface area contributed by atoms with Crippen molar-refractivity contribution in [1.29, 1.82) is 0 Å². The van der Waals surface area contributed by atoms with Crippen LogP contribution >= 0.6 is 0 Å². The molecule has 2 aromatic heterocycles. The SMILES string of the molecule is CCc1c(-c2cc(F)cc3c2cnn3S(C)(=O)=O)c(F)cc2c1-n1c(C)nnc1C(C)(C)N2. The zero-order valence-electron chi connectivity index (χ0n) is 18.7. The Bertz CT molecular complexity index is 1570. The lowest BCUT2D eigenvalue weighted by Crippen LogP contribution is -2.36. The van der Waals surface area contributed by atoms with E-state index >= 15 is 4.39 Å². The lowest BCUT2D eigenvalue weighted by molar-refractivity contribution is 0.532. The second-order valence-corrected chi connectivity index (χ2v) is 10.6. The molecule has 11 heteroatoms. The molecule has 1 N–H and O–H groups in total. The summed E-state index contributed by atoms with van der Waals surface area (Å²) in [5.74, 6) is 0.0704. The number of aromatic nitrogens is 5. The minimum atomic E-state index is -3.78. The molecular weight excluding hydrogens is 450 g/mol. The van der Waals surface area contributed by atoms with Gasteiger partial charge < -0.3 is 5.32 Å². The third kappa shape index (κ3) is 3.05. The number of fused-ring (bicyclic) bond motifs is 4. The molecular formula is C22H22F2N6O2S. The summed E-state index contributed by atoms with van der Waals surface area (Å²) in [4.78, 5) is 0. The quantitative estimate of drug-likeness (QED) is 0.486. The molecule has 0 saturated carbocycles. The fourth-order valence-corrected chi connectivity index (χ4v) is 5.37. The van der Waals surface area contributed by atoms with Gasteiger partial charge in [-0.15, -0.1) is 10.2 Å². The van der Waals surface area contributed by atoms with Crippen molar-refractivity contribution in [2.75, 3.05) is 11.6 Å². The molecule has 0 amide bonds. The van der Waals surface area contributed by atoms with Crippen LogP contribution in [0.25, 0.3) is 27.7 Å². The summed E-state index contributed by atoms with van der Waals surface area (Å²) in [5, 5.41) is 16.1. The van der Waals surface area contributed by atoms with Gasteiger partial charge in [0.15, 0.2) is 5.82 Å². The Morgan fingerprint density at radius 2 is 1.88 bits per heavy atom. The van der Waals surface area contributed by atoms with Gasteiger partial charge in [-0.25, -0.2) is 17.2 Å². The number of hydrogen-bond acceptors (Lipinski definition) is 6. The zero-order valence-corrected chi connectivity index (χ0v) is 19.5. The van der Waals surface area contributed by atoms with E-state index in [1.165, 1.54) is 18.3 Å². The van der Waals surface area contributed by atoms with Gasteiger partial charge in [0.25, 0.3) is 10.0 Å². The van der Waals surface area contributed by atoms with Crippen LogP contribution in [0.2, 0.25) is 0 Å². The Balaban J connectivity index is 1.90. The van der Waals surface area contributed by atoms with Crippen molar-refractivity contribution in [2.24, 2.45) is 0 Å². The average Bonchev–Trinajstić information content (AvgIpc) is 3.30. The van der Waals surface area contributed by atoms with E-state index in [0.717, 1.165) is 16.4 Å². The Morgan fingerprint density at radius 3 is 2.55 bits per heavy atom. The molecule has 0 bridgehead atoms. The number of anilines is 1. The van der Waals surface area contributed by atoms with E-state index in [1.807, 2.05) is 32.3 Å². The van der Waals surface area contributed by atoms with Crippen molar-refractivity contribution in [1.82, 2.24) is 24.0 Å². The molecule has 3 heterocycles. The Labute approximate surface area is 189 Å². The van der Waals surface area contributed by atoms with Crippen LogP contribution in [-0.4, -0.2) is 38.6 Å². The van der Waals surface area contributed by atoms with Crippen molar-refractivity contribution in [3.8, 4) is 16.8 Å². The molecule has 0 radical (unpaired) electrons. The molecule has 0 aliphatic carbocycles. The number of nitrogens with one attached hydrogen (secondary N) is 1. The summed E-state index contributed by atoms with van der Waals surface area (Å²) in [7, 11) is -3.78. The molecule has 0 saturated heterocycles. The van der Waals surface area contributed by atoms with E-state index in [0.29, 0.717) is 40.4 Å². The highest BCUT2D eigenvalue weighted by molar-refractivity contribution is 7.89. The first-order chi connectivity index (χ1) is 15.4. The molecule has 0 atom stereocenters. The lowest BCUT2D eigenvalue weighted by atomic mass is 9.90. The van der Waals surface area contributed by atoms with Crippen molar-refractivity contribution in [2.45, 2.75) is 39.7 Å². The van der Waals surface area contributed by atoms with Crippen LogP contribution in [0.15, 0.2) is 24.4 Å². The van der Waals surface area contributed by atoms with Crippen LogP contribution in [0.5, 0.6) is 0 Å². The number of rotatable bonds is 3. The molecule has 0 fully saturated rings. The van der Waals surface area contributed by atoms with Crippen LogP contribution in [0.4, 0.5) is 14.5 Å². The van der Waals surface area contributed by atoms with Gasteiger partial charge >= 0.3 is 0 Å². The first-order valence-electron chi connectivity index (χ1n) is 10.4. The molecule has 4 aromatic rings. The Kier molecular flexibility index (Phi) is 4.45. The fraction of sp³-hybridized carbons (Fsp3) is 0.318. The standard InChI is InChI=1S/C22H22F2N6O2S/c1-6-13-19(14-7-12(23)8-18-15(14)10-25-30(18)33(5,31)32)16(24)9-17-20(13)29-11(2)27-28-21(29)22(3,4)26-17/h7-10,26H,6H2,1-5H3. The molecule has 2 aromatic carbocycles. The summed E-state index contributed by atoms with van der Waals surface area (Å²) in [6.07, 6.45) is 2.72. The highest BCUT2D eigenvalue weighted by Gasteiger charge is 2.37. The maximum atomic E-state index is 15.7. The van der Waals surface area contributed by atoms with Crippen LogP contribution in [0.1, 0.15) is 38.0 Å². The minimum Gasteiger partial charge on any atom is -0.371 e. The molecule has 5 rings (SSSR count). The zero-order chi connectivity index (χ0) is 23.9. The van der Waals surface area contributed by atoms with Gasteiger partial charge in [-0.2, -0.15) is 9.19 Å². The highest BCUT2D eigenvalue weighted by Crippen LogP contribution is 2.44. The van der Waals surface area contributed by atoms with Crippen molar-refractivity contribution in [3.05, 3.63) is 53.2 Å². The summed E-state index contributed by atoms with van der Waals surface area (Å²) in [6.45, 7) is 7.57. The number of halogens is 2. The molecule has 1 aliphatic heterocycles. The van der Waals surface area contributed by atoms with Gasteiger partial charge in [0.1, 0.15) is 17.5 Å². The Hall–Kier alpha value is -3.34. The molecule has 172 valence electrons. The molecule has 1 aliphatic rings. The maximum absolute atomic E-state index is 15.7. The number of hydrogen-bond donors (Lipinski definition) is 1. The first-order valence-corrected chi connectivity index (χ1v) is 12.2. The Morgan fingerprint density at radius 1 is 1.15 bits per heavy atom. The minimum absolute atomic E-state index is 0.0482. The smallest absolute Gasteiger partial charge is 0.251 e. The second kappa shape index (κ2) is 6.83. The van der Waals surface area contributed by atoms with E-state index < -0.39 is 27.2 Å². The van der Waals surface area contributed by atoms with E-state index in [2.05, 4.69) is 20.6 Å². The first kappa shape index (κ1) is 21.5. The van der Waals surface area contributed by atoms with Gasteiger partial charge in [0, 0.05) is 17.0 Å². The summed E-state index contributed by atoms with van der Waals surface area (Å²) in [5.41, 5.74) is 1.77. The van der Waals surface area contributed by atoms with E-state index in [4.69, 9.17) is 0 Å². The molecule has 0 spiro atoms. The monoisotopic (exact) mass is 472 g/mol. The molecule has 8 nitrogen and oxygen atoms in total. The van der Waals surface area contributed by atoms with Gasteiger partial charge in [0.05, 0.1) is 34.9 Å². The fourth-order valence-electron chi connectivity index (χ4n) is 4.65. The van der Waals surface area contributed by atoms with Crippen molar-refractivity contribution in [3.63, 3.8) is 0 Å². The van der Waals surface area contributed by atoms with Gasteiger partial charge in [0.2, 0.25) is 0 Å². The summed E-state index contributed by atoms with van der Waals surface area (Å²) < 4.78 is 57.3. The predicted molar refractivity (Wildman–Crippen MR) is 121 cm³/mol. The van der Waals surface area contributed by atoms with Crippen LogP contribution in [0, 0.1) is 18.6 Å². The number of aryl methyl sites for hydroxylation is 1. The van der Waals surface area contributed by atoms with Crippen LogP contribution < -0.4 is 5.32 Å². The highest BCUT2D eigenvalue weighted by atomic mass is 32.2. The van der Waals surface area contributed by atoms with Gasteiger partial charge in [-0.1, -0.05) is 6.92 Å². The van der Waals surface area contributed by atoms with E-state index in [1.54, 1.807) is 0 Å². The van der Waals surface area contributed by atoms with Gasteiger partial charge in [-0.05, 0) is 50.5 Å². The van der Waals surface area contributed by atoms with Crippen LogP contribution in [0.3, 0.4) is 0 Å². The normalized spacial score (nSPS) is 14.8. The predicted octanol–water partition coefficient (Wildman–Crippen LogP) is 3.90. The molecule has 0 unspecified atom stereocenters. The molecule has 33 heavy (non-hydrogen) atoms. The topological polar surface area (TPSA) is 94.7 Å². The third-order valence-corrected chi connectivity index (χ3v) is 6.88. The lowest BCUT2D eigenvalue weighted by Gasteiger charge is -2.35. The summed E-state index contributed by atoms with van der Waals surface area (Å²) in [6, 6.07) is 3.67. The maximum Gasteiger partial charge on any atom is 0.251 e. The van der Waals surface area contributed by atoms with E-state index in [9.17, 15) is 12.8 Å². The van der Waals surface area contributed by atoms with Crippen molar-refractivity contribution < 1.29 is 17.2 Å². The van der Waals surface area contributed by atoms with Crippen LogP contribution in [-0.2, 0) is 22.0 Å². The number of benzene rings is 2. The second-order valence-electron chi connectivity index (χ2n) is 8.75.